The minimum atomic E-state index is -0.790. The summed E-state index contributed by atoms with van der Waals surface area (Å²) in [5.41, 5.74) is 2.03. The van der Waals surface area contributed by atoms with Crippen LogP contribution in [0.4, 0.5) is 4.79 Å². The summed E-state index contributed by atoms with van der Waals surface area (Å²) < 4.78 is 17.1. The third kappa shape index (κ3) is 6.02. The van der Waals surface area contributed by atoms with Crippen LogP contribution in [0.3, 0.4) is 0 Å². The van der Waals surface area contributed by atoms with Crippen LogP contribution in [0.1, 0.15) is 17.5 Å². The van der Waals surface area contributed by atoms with E-state index in [-0.39, 0.29) is 19.3 Å². The molecule has 6 heteroatoms. The summed E-state index contributed by atoms with van der Waals surface area (Å²) in [5, 5.41) is 10.5. The second-order valence-electron chi connectivity index (χ2n) is 7.74. The number of hydrogen-bond acceptors (Lipinski definition) is 5. The zero-order valence-corrected chi connectivity index (χ0v) is 17.8. The van der Waals surface area contributed by atoms with E-state index in [2.05, 4.69) is 0 Å². The molecule has 3 aromatic rings. The van der Waals surface area contributed by atoms with Crippen LogP contribution < -0.4 is 9.47 Å². The van der Waals surface area contributed by atoms with Gasteiger partial charge in [0.15, 0.2) is 0 Å². The maximum absolute atomic E-state index is 12.3. The maximum Gasteiger partial charge on any atom is 0.410 e. The van der Waals surface area contributed by atoms with Crippen molar-refractivity contribution in [2.45, 2.75) is 31.8 Å². The zero-order valence-electron chi connectivity index (χ0n) is 17.8. The highest BCUT2D eigenvalue weighted by Crippen LogP contribution is 2.23. The lowest BCUT2D eigenvalue weighted by Gasteiger charge is -2.35. The Morgan fingerprint density at radius 3 is 2.06 bits per heavy atom. The number of benzene rings is 3. The Hall–Kier alpha value is -3.51. The van der Waals surface area contributed by atoms with Gasteiger partial charge >= 0.3 is 6.09 Å². The number of amides is 1. The van der Waals surface area contributed by atoms with Crippen molar-refractivity contribution in [1.82, 2.24) is 4.90 Å². The van der Waals surface area contributed by atoms with Gasteiger partial charge in [-0.3, -0.25) is 0 Å². The van der Waals surface area contributed by atoms with Crippen molar-refractivity contribution in [3.63, 3.8) is 0 Å². The van der Waals surface area contributed by atoms with E-state index in [1.807, 2.05) is 84.9 Å². The van der Waals surface area contributed by atoms with Crippen molar-refractivity contribution >= 4 is 6.09 Å². The molecule has 1 fully saturated rings. The number of carbonyl (C=O) groups is 1. The molecule has 0 spiro atoms. The fourth-order valence-corrected chi connectivity index (χ4v) is 3.55. The monoisotopic (exact) mass is 433 g/mol. The summed E-state index contributed by atoms with van der Waals surface area (Å²) in [6.45, 7) is 1.35. The van der Waals surface area contributed by atoms with Gasteiger partial charge in [0.1, 0.15) is 36.9 Å². The van der Waals surface area contributed by atoms with Gasteiger partial charge in [-0.1, -0.05) is 60.7 Å². The molecule has 0 aromatic heterocycles. The predicted octanol–water partition coefficient (Wildman–Crippen LogP) is 4.42. The molecule has 0 saturated carbocycles. The highest BCUT2D eigenvalue weighted by molar-refractivity contribution is 5.67. The summed E-state index contributed by atoms with van der Waals surface area (Å²) in [6, 6.07) is 26.8. The molecular formula is C26H27NO5. The average molecular weight is 434 g/mol. The molecule has 4 rings (SSSR count). The van der Waals surface area contributed by atoms with E-state index in [1.165, 1.54) is 4.90 Å². The van der Waals surface area contributed by atoms with Crippen molar-refractivity contribution in [3.8, 4) is 11.5 Å². The van der Waals surface area contributed by atoms with Crippen LogP contribution in [-0.2, 0) is 18.0 Å². The number of nitrogens with zero attached hydrogens (tertiary/aromatic N) is 1. The highest BCUT2D eigenvalue weighted by atomic mass is 16.6. The van der Waals surface area contributed by atoms with Gasteiger partial charge in [0, 0.05) is 13.0 Å². The first-order chi connectivity index (χ1) is 15.7. The van der Waals surface area contributed by atoms with Gasteiger partial charge in [-0.2, -0.15) is 0 Å². The van der Waals surface area contributed by atoms with Gasteiger partial charge in [0.2, 0.25) is 0 Å². The van der Waals surface area contributed by atoms with Crippen molar-refractivity contribution in [2.24, 2.45) is 0 Å². The lowest BCUT2D eigenvalue weighted by molar-refractivity contribution is -0.0252. The van der Waals surface area contributed by atoms with Gasteiger partial charge in [0.25, 0.3) is 0 Å². The number of carbonyl (C=O) groups excluding carboxylic acids is 1. The molecule has 166 valence electrons. The van der Waals surface area contributed by atoms with Gasteiger partial charge in [-0.05, 0) is 35.4 Å². The van der Waals surface area contributed by atoms with E-state index in [9.17, 15) is 9.90 Å². The normalized spacial score (nSPS) is 18.1. The van der Waals surface area contributed by atoms with Gasteiger partial charge in [-0.15, -0.1) is 0 Å². The van der Waals surface area contributed by atoms with Gasteiger partial charge in [0.05, 0.1) is 6.54 Å². The first-order valence-electron chi connectivity index (χ1n) is 10.7. The quantitative estimate of drug-likeness (QED) is 0.598. The standard InChI is InChI=1S/C26H27NO5/c28-24-17-27(26(29)31-19-21-9-5-2-6-10-21)16-15-25(24)32-23-13-11-22(12-14-23)30-18-20-7-3-1-4-8-20/h1-14,24-25,28H,15-19H2/t24-,25-/m1/s1. The van der Waals surface area contributed by atoms with E-state index in [4.69, 9.17) is 14.2 Å². The van der Waals surface area contributed by atoms with E-state index < -0.39 is 12.2 Å². The van der Waals surface area contributed by atoms with E-state index in [1.54, 1.807) is 0 Å². The first-order valence-corrected chi connectivity index (χ1v) is 10.7. The molecule has 0 radical (unpaired) electrons. The van der Waals surface area contributed by atoms with Crippen LogP contribution in [0, 0.1) is 0 Å². The molecule has 1 amide bonds. The molecule has 32 heavy (non-hydrogen) atoms. The number of β-amino-alcohol motifs (C(OH)–C–C–N with tert-alkyl or cyclic N) is 1. The molecule has 1 aliphatic rings. The SMILES string of the molecule is O=C(OCc1ccccc1)N1CC[C@@H](Oc2ccc(OCc3ccccc3)cc2)[C@H](O)C1. The van der Waals surface area contributed by atoms with Crippen molar-refractivity contribution < 1.29 is 24.1 Å². The largest absolute Gasteiger partial charge is 0.489 e. The van der Waals surface area contributed by atoms with Crippen LogP contribution >= 0.6 is 0 Å². The molecule has 1 heterocycles. The summed E-state index contributed by atoms with van der Waals surface area (Å²) in [4.78, 5) is 13.8. The Labute approximate surface area is 188 Å². The number of hydrogen-bond donors (Lipinski definition) is 1. The van der Waals surface area contributed by atoms with Crippen LogP contribution in [-0.4, -0.2) is 41.4 Å². The fraction of sp³-hybridized carbons (Fsp3) is 0.269. The number of aliphatic hydroxyl groups is 1. The van der Waals surface area contributed by atoms with Gasteiger partial charge in [-0.25, -0.2) is 4.79 Å². The van der Waals surface area contributed by atoms with E-state index in [0.29, 0.717) is 25.3 Å². The van der Waals surface area contributed by atoms with Crippen molar-refractivity contribution in [1.29, 1.82) is 0 Å². The lowest BCUT2D eigenvalue weighted by atomic mass is 10.1. The highest BCUT2D eigenvalue weighted by Gasteiger charge is 2.32. The minimum Gasteiger partial charge on any atom is -0.489 e. The summed E-state index contributed by atoms with van der Waals surface area (Å²) in [7, 11) is 0. The molecular weight excluding hydrogens is 406 g/mol. The zero-order chi connectivity index (χ0) is 22.2. The predicted molar refractivity (Wildman–Crippen MR) is 120 cm³/mol. The number of rotatable bonds is 7. The fourth-order valence-electron chi connectivity index (χ4n) is 3.55. The molecule has 1 saturated heterocycles. The Morgan fingerprint density at radius 2 is 1.44 bits per heavy atom. The number of likely N-dealkylation sites (tertiary alicyclic amines) is 1. The summed E-state index contributed by atoms with van der Waals surface area (Å²) >= 11 is 0. The van der Waals surface area contributed by atoms with E-state index in [0.717, 1.165) is 16.9 Å². The Kier molecular flexibility index (Phi) is 7.25. The van der Waals surface area contributed by atoms with Crippen molar-refractivity contribution in [2.75, 3.05) is 13.1 Å². The number of piperidine rings is 1. The average Bonchev–Trinajstić information content (AvgIpc) is 2.84. The molecule has 3 aromatic carbocycles. The van der Waals surface area contributed by atoms with Crippen LogP contribution in [0.25, 0.3) is 0 Å². The topological polar surface area (TPSA) is 68.2 Å². The summed E-state index contributed by atoms with van der Waals surface area (Å²) in [5.74, 6) is 1.40. The smallest absolute Gasteiger partial charge is 0.410 e. The number of aliphatic hydroxyl groups excluding tert-OH is 1. The lowest BCUT2D eigenvalue weighted by Crippen LogP contribution is -2.51. The van der Waals surface area contributed by atoms with Crippen LogP contribution in [0.15, 0.2) is 84.9 Å². The third-order valence-corrected chi connectivity index (χ3v) is 5.34. The maximum atomic E-state index is 12.3. The Bertz CT molecular complexity index is 978. The minimum absolute atomic E-state index is 0.177. The molecule has 2 atom stereocenters. The van der Waals surface area contributed by atoms with Gasteiger partial charge < -0.3 is 24.2 Å². The van der Waals surface area contributed by atoms with Crippen molar-refractivity contribution in [3.05, 3.63) is 96.1 Å². The van der Waals surface area contributed by atoms with Crippen LogP contribution in [0.5, 0.6) is 11.5 Å². The van der Waals surface area contributed by atoms with Crippen LogP contribution in [0.2, 0.25) is 0 Å². The molecule has 0 aliphatic carbocycles. The second-order valence-corrected chi connectivity index (χ2v) is 7.74. The Morgan fingerprint density at radius 1 is 0.844 bits per heavy atom. The molecule has 1 aliphatic heterocycles. The second kappa shape index (κ2) is 10.7. The summed E-state index contributed by atoms with van der Waals surface area (Å²) in [6.07, 6.45) is -1.08. The molecule has 6 nitrogen and oxygen atoms in total. The third-order valence-electron chi connectivity index (χ3n) is 5.34. The molecule has 1 N–H and O–H groups in total. The van der Waals surface area contributed by atoms with E-state index >= 15 is 0 Å². The first kappa shape index (κ1) is 21.7. The molecule has 0 bridgehead atoms. The Balaban J connectivity index is 1.23. The number of ether oxygens (including phenoxy) is 3. The molecule has 0 unspecified atom stereocenters.